The van der Waals surface area contributed by atoms with Crippen LogP contribution in [-0.2, 0) is 11.3 Å². The Morgan fingerprint density at radius 3 is 2.69 bits per heavy atom. The lowest BCUT2D eigenvalue weighted by Gasteiger charge is -2.06. The number of benzene rings is 1. The number of nitrogens with one attached hydrogen (secondary N) is 1. The number of rotatable bonds is 6. The van der Waals surface area contributed by atoms with E-state index in [1.807, 2.05) is 30.3 Å². The van der Waals surface area contributed by atoms with Gasteiger partial charge < -0.3 is 15.2 Å². The van der Waals surface area contributed by atoms with Gasteiger partial charge in [-0.05, 0) is 18.4 Å². The van der Waals surface area contributed by atoms with Gasteiger partial charge in [-0.15, -0.1) is 0 Å². The van der Waals surface area contributed by atoms with E-state index in [-0.39, 0.29) is 6.61 Å². The number of aliphatic hydroxyl groups is 1. The molecule has 16 heavy (non-hydrogen) atoms. The lowest BCUT2D eigenvalue weighted by molar-refractivity contribution is 0.140. The van der Waals surface area contributed by atoms with Crippen molar-refractivity contribution in [3.63, 3.8) is 0 Å². The highest BCUT2D eigenvalue weighted by Gasteiger charge is 2.00. The topological polar surface area (TPSA) is 58.6 Å². The van der Waals surface area contributed by atoms with E-state index in [0.29, 0.717) is 26.0 Å². The summed E-state index contributed by atoms with van der Waals surface area (Å²) >= 11 is 0. The van der Waals surface area contributed by atoms with E-state index in [9.17, 15) is 4.79 Å². The van der Waals surface area contributed by atoms with E-state index in [1.165, 1.54) is 0 Å². The summed E-state index contributed by atoms with van der Waals surface area (Å²) in [6.45, 7) is 0.954. The summed E-state index contributed by atoms with van der Waals surface area (Å²) in [5.41, 5.74) is 1.04. The van der Waals surface area contributed by atoms with Crippen molar-refractivity contribution in [2.45, 2.75) is 19.4 Å². The second-order valence-corrected chi connectivity index (χ2v) is 3.41. The number of unbranched alkanes of at least 4 members (excludes halogenated alkanes) is 1. The first-order chi connectivity index (χ1) is 7.83. The monoisotopic (exact) mass is 223 g/mol. The standard InChI is InChI=1S/C12H17NO3/c14-8-4-5-9-16-12(15)13-10-11-6-2-1-3-7-11/h1-3,6-7,14H,4-5,8-10H2,(H,13,15). The molecule has 1 amide bonds. The molecule has 0 bridgehead atoms. The van der Waals surface area contributed by atoms with Gasteiger partial charge in [0.15, 0.2) is 0 Å². The summed E-state index contributed by atoms with van der Waals surface area (Å²) in [7, 11) is 0. The molecule has 4 nitrogen and oxygen atoms in total. The molecular weight excluding hydrogens is 206 g/mol. The summed E-state index contributed by atoms with van der Waals surface area (Å²) in [5.74, 6) is 0. The van der Waals surface area contributed by atoms with Crippen molar-refractivity contribution in [2.75, 3.05) is 13.2 Å². The summed E-state index contributed by atoms with van der Waals surface area (Å²) in [6.07, 6.45) is 0.933. The largest absolute Gasteiger partial charge is 0.450 e. The first-order valence-electron chi connectivity index (χ1n) is 5.38. The molecule has 1 aromatic carbocycles. The van der Waals surface area contributed by atoms with Crippen molar-refractivity contribution < 1.29 is 14.6 Å². The molecule has 0 fully saturated rings. The van der Waals surface area contributed by atoms with Gasteiger partial charge in [-0.25, -0.2) is 4.79 Å². The van der Waals surface area contributed by atoms with Gasteiger partial charge in [0.1, 0.15) is 0 Å². The van der Waals surface area contributed by atoms with Crippen LogP contribution in [0.2, 0.25) is 0 Å². The summed E-state index contributed by atoms with van der Waals surface area (Å²) < 4.78 is 4.90. The van der Waals surface area contributed by atoms with Gasteiger partial charge in [0, 0.05) is 13.2 Å². The van der Waals surface area contributed by atoms with E-state index < -0.39 is 6.09 Å². The number of amides is 1. The smallest absolute Gasteiger partial charge is 0.407 e. The fourth-order valence-corrected chi connectivity index (χ4v) is 1.20. The molecule has 0 aliphatic rings. The van der Waals surface area contributed by atoms with Crippen LogP contribution in [-0.4, -0.2) is 24.4 Å². The predicted molar refractivity (Wildman–Crippen MR) is 60.9 cm³/mol. The summed E-state index contributed by atoms with van der Waals surface area (Å²) in [5, 5.41) is 11.2. The second-order valence-electron chi connectivity index (χ2n) is 3.41. The maximum absolute atomic E-state index is 11.2. The molecule has 88 valence electrons. The number of alkyl carbamates (subject to hydrolysis) is 1. The van der Waals surface area contributed by atoms with Gasteiger partial charge in [-0.3, -0.25) is 0 Å². The zero-order valence-electron chi connectivity index (χ0n) is 9.19. The molecule has 0 saturated carbocycles. The fraction of sp³-hybridized carbons (Fsp3) is 0.417. The van der Waals surface area contributed by atoms with Crippen LogP contribution in [0.4, 0.5) is 4.79 Å². The third kappa shape index (κ3) is 5.36. The number of hydrogen-bond acceptors (Lipinski definition) is 3. The SMILES string of the molecule is O=C(NCc1ccccc1)OCCCCO. The zero-order chi connectivity index (χ0) is 11.6. The highest BCUT2D eigenvalue weighted by atomic mass is 16.5. The molecule has 0 unspecified atom stereocenters. The van der Waals surface area contributed by atoms with Gasteiger partial charge in [0.2, 0.25) is 0 Å². The van der Waals surface area contributed by atoms with Crippen LogP contribution < -0.4 is 5.32 Å². The predicted octanol–water partition coefficient (Wildman–Crippen LogP) is 1.69. The molecule has 0 spiro atoms. The lowest BCUT2D eigenvalue weighted by atomic mass is 10.2. The molecule has 0 aliphatic carbocycles. The van der Waals surface area contributed by atoms with Gasteiger partial charge in [0.05, 0.1) is 6.61 Å². The molecule has 0 aromatic heterocycles. The average Bonchev–Trinajstić information content (AvgIpc) is 2.33. The van der Waals surface area contributed by atoms with Crippen molar-refractivity contribution in [1.29, 1.82) is 0 Å². The molecule has 0 radical (unpaired) electrons. The minimum Gasteiger partial charge on any atom is -0.450 e. The third-order valence-corrected chi connectivity index (χ3v) is 2.07. The zero-order valence-corrected chi connectivity index (χ0v) is 9.19. The Morgan fingerprint density at radius 2 is 2.00 bits per heavy atom. The summed E-state index contributed by atoms with van der Waals surface area (Å²) in [4.78, 5) is 11.2. The Morgan fingerprint density at radius 1 is 1.25 bits per heavy atom. The number of ether oxygens (including phenoxy) is 1. The van der Waals surface area contributed by atoms with E-state index in [1.54, 1.807) is 0 Å². The van der Waals surface area contributed by atoms with Gasteiger partial charge in [-0.1, -0.05) is 30.3 Å². The highest BCUT2D eigenvalue weighted by Crippen LogP contribution is 1.97. The van der Waals surface area contributed by atoms with Gasteiger partial charge >= 0.3 is 6.09 Å². The maximum atomic E-state index is 11.2. The number of aliphatic hydroxyl groups excluding tert-OH is 1. The fourth-order valence-electron chi connectivity index (χ4n) is 1.20. The molecule has 0 heterocycles. The van der Waals surface area contributed by atoms with Crippen LogP contribution in [0.5, 0.6) is 0 Å². The van der Waals surface area contributed by atoms with E-state index in [2.05, 4.69) is 5.32 Å². The van der Waals surface area contributed by atoms with E-state index in [0.717, 1.165) is 5.56 Å². The molecule has 2 N–H and O–H groups in total. The maximum Gasteiger partial charge on any atom is 0.407 e. The third-order valence-electron chi connectivity index (χ3n) is 2.07. The van der Waals surface area contributed by atoms with E-state index in [4.69, 9.17) is 9.84 Å². The van der Waals surface area contributed by atoms with Gasteiger partial charge in [-0.2, -0.15) is 0 Å². The molecule has 1 aromatic rings. The Bertz CT molecular complexity index is 300. The van der Waals surface area contributed by atoms with Crippen LogP contribution in [0, 0.1) is 0 Å². The minimum absolute atomic E-state index is 0.134. The quantitative estimate of drug-likeness (QED) is 0.721. The molecule has 0 atom stereocenters. The molecule has 4 heteroatoms. The first kappa shape index (κ1) is 12.5. The Labute approximate surface area is 95.2 Å². The molecule has 0 aliphatic heterocycles. The van der Waals surface area contributed by atoms with Crippen LogP contribution in [0.25, 0.3) is 0 Å². The van der Waals surface area contributed by atoms with Crippen LogP contribution in [0.1, 0.15) is 18.4 Å². The Kier molecular flexibility index (Phi) is 6.03. The molecule has 0 saturated heterocycles. The van der Waals surface area contributed by atoms with Crippen molar-refractivity contribution in [2.24, 2.45) is 0 Å². The van der Waals surface area contributed by atoms with Crippen molar-refractivity contribution in [3.05, 3.63) is 35.9 Å². The first-order valence-corrected chi connectivity index (χ1v) is 5.38. The van der Waals surface area contributed by atoms with Crippen LogP contribution in [0.15, 0.2) is 30.3 Å². The highest BCUT2D eigenvalue weighted by molar-refractivity contribution is 5.67. The molecule has 1 rings (SSSR count). The summed E-state index contributed by atoms with van der Waals surface area (Å²) in [6, 6.07) is 9.64. The van der Waals surface area contributed by atoms with Crippen LogP contribution >= 0.6 is 0 Å². The second kappa shape index (κ2) is 7.70. The lowest BCUT2D eigenvalue weighted by Crippen LogP contribution is -2.24. The van der Waals surface area contributed by atoms with Crippen molar-refractivity contribution >= 4 is 6.09 Å². The average molecular weight is 223 g/mol. The Hall–Kier alpha value is -1.55. The van der Waals surface area contributed by atoms with E-state index >= 15 is 0 Å². The Balaban J connectivity index is 2.11. The van der Waals surface area contributed by atoms with Crippen molar-refractivity contribution in [1.82, 2.24) is 5.32 Å². The van der Waals surface area contributed by atoms with Crippen molar-refractivity contribution in [3.8, 4) is 0 Å². The number of hydrogen-bond donors (Lipinski definition) is 2. The normalized spacial score (nSPS) is 9.81. The molecular formula is C12H17NO3. The minimum atomic E-state index is -0.415. The number of carbonyl (C=O) groups excluding carboxylic acids is 1. The number of carbonyl (C=O) groups is 1. The van der Waals surface area contributed by atoms with Gasteiger partial charge in [0.25, 0.3) is 0 Å². The van der Waals surface area contributed by atoms with Crippen LogP contribution in [0.3, 0.4) is 0 Å².